The molecular weight excluding hydrogens is 170 g/mol. The molecule has 1 nitrogen and oxygen atoms in total. The molecule has 0 atom stereocenters. The first-order valence-electron chi connectivity index (χ1n) is 5.40. The molecule has 1 aliphatic carbocycles. The van der Waals surface area contributed by atoms with Gasteiger partial charge in [0.05, 0.1) is 11.6 Å². The van der Waals surface area contributed by atoms with Crippen molar-refractivity contribution in [3.63, 3.8) is 0 Å². The third-order valence-electron chi connectivity index (χ3n) is 3.12. The molecule has 1 aromatic rings. The summed E-state index contributed by atoms with van der Waals surface area (Å²) in [5, 5.41) is 8.69. The fourth-order valence-corrected chi connectivity index (χ4v) is 2.27. The molecule has 0 aromatic heterocycles. The van der Waals surface area contributed by atoms with Crippen LogP contribution in [0, 0.1) is 11.3 Å². The van der Waals surface area contributed by atoms with Gasteiger partial charge in [0.25, 0.3) is 0 Å². The number of nitrogens with zero attached hydrogens (tertiary/aromatic N) is 1. The zero-order chi connectivity index (χ0) is 9.80. The van der Waals surface area contributed by atoms with Crippen molar-refractivity contribution in [2.75, 3.05) is 0 Å². The van der Waals surface area contributed by atoms with Crippen LogP contribution in [0.1, 0.15) is 49.1 Å². The Morgan fingerprint density at radius 3 is 2.21 bits per heavy atom. The van der Waals surface area contributed by atoms with Crippen molar-refractivity contribution >= 4 is 0 Å². The Morgan fingerprint density at radius 2 is 1.64 bits per heavy atom. The minimum atomic E-state index is 0.747. The summed E-state index contributed by atoms with van der Waals surface area (Å²) in [4.78, 5) is 0. The minimum absolute atomic E-state index is 0.747. The molecule has 1 fully saturated rings. The van der Waals surface area contributed by atoms with E-state index in [1.807, 2.05) is 12.1 Å². The summed E-state index contributed by atoms with van der Waals surface area (Å²) in [6.45, 7) is 0. The van der Waals surface area contributed by atoms with E-state index in [0.717, 1.165) is 11.5 Å². The second-order valence-corrected chi connectivity index (χ2v) is 4.07. The fraction of sp³-hybridized carbons (Fsp3) is 0.462. The summed E-state index contributed by atoms with van der Waals surface area (Å²) in [5.74, 6) is 0.747. The van der Waals surface area contributed by atoms with Crippen LogP contribution in [0.2, 0.25) is 0 Å². The molecule has 72 valence electrons. The van der Waals surface area contributed by atoms with Gasteiger partial charge in [-0.25, -0.2) is 0 Å². The van der Waals surface area contributed by atoms with Crippen LogP contribution in [0.15, 0.2) is 24.3 Å². The van der Waals surface area contributed by atoms with Crippen molar-refractivity contribution in [3.05, 3.63) is 35.4 Å². The summed E-state index contributed by atoms with van der Waals surface area (Å²) in [6, 6.07) is 10.3. The van der Waals surface area contributed by atoms with Crippen LogP contribution in [0.4, 0.5) is 0 Å². The van der Waals surface area contributed by atoms with E-state index in [0.29, 0.717) is 0 Å². The van der Waals surface area contributed by atoms with E-state index in [-0.39, 0.29) is 0 Å². The summed E-state index contributed by atoms with van der Waals surface area (Å²) >= 11 is 0. The van der Waals surface area contributed by atoms with E-state index in [9.17, 15) is 0 Å². The van der Waals surface area contributed by atoms with Crippen LogP contribution in [-0.4, -0.2) is 0 Å². The van der Waals surface area contributed by atoms with Gasteiger partial charge in [-0.3, -0.25) is 0 Å². The third kappa shape index (κ3) is 1.96. The highest BCUT2D eigenvalue weighted by atomic mass is 14.2. The van der Waals surface area contributed by atoms with Gasteiger partial charge in [-0.05, 0) is 36.5 Å². The Kier molecular flexibility index (Phi) is 2.84. The highest BCUT2D eigenvalue weighted by Gasteiger charge is 2.14. The lowest BCUT2D eigenvalue weighted by Gasteiger charge is -2.21. The molecule has 0 spiro atoms. The lowest BCUT2D eigenvalue weighted by Crippen LogP contribution is -2.04. The van der Waals surface area contributed by atoms with Crippen LogP contribution in [0.5, 0.6) is 0 Å². The Bertz CT molecular complexity index is 325. The first-order valence-corrected chi connectivity index (χ1v) is 5.40. The molecule has 0 saturated heterocycles. The number of hydrogen-bond acceptors (Lipinski definition) is 1. The Hall–Kier alpha value is -1.29. The normalized spacial score (nSPS) is 17.6. The van der Waals surface area contributed by atoms with E-state index in [1.54, 1.807) is 0 Å². The lowest BCUT2D eigenvalue weighted by molar-refractivity contribution is 0.443. The van der Waals surface area contributed by atoms with Crippen LogP contribution in [-0.2, 0) is 0 Å². The number of rotatable bonds is 1. The van der Waals surface area contributed by atoms with Gasteiger partial charge in [0.2, 0.25) is 0 Å². The van der Waals surface area contributed by atoms with E-state index in [4.69, 9.17) is 5.26 Å². The molecule has 1 saturated carbocycles. The van der Waals surface area contributed by atoms with E-state index in [1.165, 1.54) is 37.7 Å². The highest BCUT2D eigenvalue weighted by molar-refractivity contribution is 5.33. The molecule has 1 aliphatic rings. The predicted octanol–water partition coefficient (Wildman–Crippen LogP) is 3.61. The summed E-state index contributed by atoms with van der Waals surface area (Å²) in [5.41, 5.74) is 2.19. The second kappa shape index (κ2) is 4.28. The van der Waals surface area contributed by atoms with Gasteiger partial charge in [0, 0.05) is 0 Å². The molecule has 0 bridgehead atoms. The van der Waals surface area contributed by atoms with Crippen molar-refractivity contribution in [1.29, 1.82) is 5.26 Å². The molecule has 14 heavy (non-hydrogen) atoms. The average Bonchev–Trinajstić information content (AvgIpc) is 2.30. The molecule has 1 aromatic carbocycles. The molecular formula is C13H15N. The van der Waals surface area contributed by atoms with Crippen LogP contribution >= 0.6 is 0 Å². The number of benzene rings is 1. The Morgan fingerprint density at radius 1 is 1.00 bits per heavy atom. The van der Waals surface area contributed by atoms with Crippen LogP contribution < -0.4 is 0 Å². The topological polar surface area (TPSA) is 23.8 Å². The van der Waals surface area contributed by atoms with Crippen molar-refractivity contribution in [3.8, 4) is 6.07 Å². The molecule has 0 N–H and O–H groups in total. The number of hydrogen-bond donors (Lipinski definition) is 0. The monoisotopic (exact) mass is 185 g/mol. The smallest absolute Gasteiger partial charge is 0.0991 e. The summed E-state index contributed by atoms with van der Waals surface area (Å²) in [6.07, 6.45) is 6.78. The molecule has 0 heterocycles. The standard InChI is InChI=1S/C13H15N/c14-10-11-6-8-13(9-7-11)12-4-2-1-3-5-12/h6-9,12H,1-5H2. The van der Waals surface area contributed by atoms with Gasteiger partial charge < -0.3 is 0 Å². The zero-order valence-electron chi connectivity index (χ0n) is 8.37. The molecule has 2 rings (SSSR count). The number of nitriles is 1. The largest absolute Gasteiger partial charge is 0.192 e. The first kappa shape index (κ1) is 9.27. The van der Waals surface area contributed by atoms with Crippen LogP contribution in [0.3, 0.4) is 0 Å². The van der Waals surface area contributed by atoms with Crippen molar-refractivity contribution in [2.24, 2.45) is 0 Å². The van der Waals surface area contributed by atoms with Crippen molar-refractivity contribution < 1.29 is 0 Å². The maximum absolute atomic E-state index is 8.69. The van der Waals surface area contributed by atoms with Gasteiger partial charge >= 0.3 is 0 Å². The van der Waals surface area contributed by atoms with Gasteiger partial charge in [-0.15, -0.1) is 0 Å². The maximum atomic E-state index is 8.69. The van der Waals surface area contributed by atoms with Crippen LogP contribution in [0.25, 0.3) is 0 Å². The van der Waals surface area contributed by atoms with Gasteiger partial charge in [-0.1, -0.05) is 31.4 Å². The average molecular weight is 185 g/mol. The highest BCUT2D eigenvalue weighted by Crippen LogP contribution is 2.32. The van der Waals surface area contributed by atoms with Crippen molar-refractivity contribution in [2.45, 2.75) is 38.0 Å². The predicted molar refractivity (Wildman–Crippen MR) is 57.0 cm³/mol. The Labute approximate surface area is 85.4 Å². The maximum Gasteiger partial charge on any atom is 0.0991 e. The molecule has 0 aliphatic heterocycles. The minimum Gasteiger partial charge on any atom is -0.192 e. The van der Waals surface area contributed by atoms with Gasteiger partial charge in [0.15, 0.2) is 0 Å². The zero-order valence-corrected chi connectivity index (χ0v) is 8.37. The second-order valence-electron chi connectivity index (χ2n) is 4.07. The van der Waals surface area contributed by atoms with E-state index < -0.39 is 0 Å². The molecule has 0 unspecified atom stereocenters. The first-order chi connectivity index (χ1) is 6.90. The van der Waals surface area contributed by atoms with Gasteiger partial charge in [0.1, 0.15) is 0 Å². The van der Waals surface area contributed by atoms with E-state index >= 15 is 0 Å². The lowest BCUT2D eigenvalue weighted by atomic mass is 9.84. The molecule has 1 heteroatoms. The summed E-state index contributed by atoms with van der Waals surface area (Å²) in [7, 11) is 0. The SMILES string of the molecule is N#Cc1ccc(C2CCCCC2)cc1. The third-order valence-corrected chi connectivity index (χ3v) is 3.12. The van der Waals surface area contributed by atoms with Crippen molar-refractivity contribution in [1.82, 2.24) is 0 Å². The quantitative estimate of drug-likeness (QED) is 0.655. The molecule has 0 amide bonds. The van der Waals surface area contributed by atoms with Gasteiger partial charge in [-0.2, -0.15) is 5.26 Å². The van der Waals surface area contributed by atoms with E-state index in [2.05, 4.69) is 18.2 Å². The molecule has 0 radical (unpaired) electrons. The fourth-order valence-electron chi connectivity index (χ4n) is 2.27. The summed E-state index contributed by atoms with van der Waals surface area (Å²) < 4.78 is 0. The Balaban J connectivity index is 2.12.